The smallest absolute Gasteiger partial charge is 0.269 e. The summed E-state index contributed by atoms with van der Waals surface area (Å²) in [5.74, 6) is -1.21. The van der Waals surface area contributed by atoms with E-state index < -0.39 is 21.6 Å². The Hall–Kier alpha value is -2.71. The van der Waals surface area contributed by atoms with Crippen molar-refractivity contribution in [2.45, 2.75) is 23.8 Å². The summed E-state index contributed by atoms with van der Waals surface area (Å²) in [6.07, 6.45) is 1.81. The van der Waals surface area contributed by atoms with Gasteiger partial charge in [0.25, 0.3) is 5.91 Å². The number of halogens is 1. The maximum atomic E-state index is 13.1. The highest BCUT2D eigenvalue weighted by Crippen LogP contribution is 2.38. The maximum Gasteiger partial charge on any atom is 0.269 e. The van der Waals surface area contributed by atoms with E-state index in [9.17, 15) is 17.6 Å². The van der Waals surface area contributed by atoms with Crippen LogP contribution in [-0.4, -0.2) is 33.6 Å². The van der Waals surface area contributed by atoms with Gasteiger partial charge < -0.3 is 15.4 Å². The van der Waals surface area contributed by atoms with Gasteiger partial charge in [0, 0.05) is 24.4 Å². The summed E-state index contributed by atoms with van der Waals surface area (Å²) < 4.78 is 44.7. The molecule has 0 radical (unpaired) electrons. The van der Waals surface area contributed by atoms with E-state index in [-0.39, 0.29) is 21.6 Å². The van der Waals surface area contributed by atoms with E-state index in [1.165, 1.54) is 30.3 Å². The number of benzene rings is 2. The number of carbonyl (C=O) groups excluding carboxylic acids is 1. The van der Waals surface area contributed by atoms with Crippen molar-refractivity contribution < 1.29 is 22.3 Å². The predicted octanol–water partition coefficient (Wildman–Crippen LogP) is 2.69. The van der Waals surface area contributed by atoms with Gasteiger partial charge in [0.2, 0.25) is 9.84 Å². The second-order valence-corrected chi connectivity index (χ2v) is 8.54. The van der Waals surface area contributed by atoms with E-state index in [1.54, 1.807) is 18.2 Å². The Morgan fingerprint density at radius 1 is 1.14 bits per heavy atom. The summed E-state index contributed by atoms with van der Waals surface area (Å²) in [7, 11) is -3.98. The lowest BCUT2D eigenvalue weighted by Gasteiger charge is -2.14. The number of anilines is 1. The van der Waals surface area contributed by atoms with Crippen molar-refractivity contribution in [1.29, 1.82) is 0 Å². The van der Waals surface area contributed by atoms with Crippen LogP contribution in [0.2, 0.25) is 0 Å². The molecule has 0 aromatic heterocycles. The molecule has 1 saturated heterocycles. The molecule has 146 valence electrons. The van der Waals surface area contributed by atoms with Gasteiger partial charge in [-0.2, -0.15) is 0 Å². The molecule has 0 spiro atoms. The molecule has 0 saturated carbocycles. The molecule has 0 bridgehead atoms. The second-order valence-electron chi connectivity index (χ2n) is 6.68. The van der Waals surface area contributed by atoms with Crippen molar-refractivity contribution in [3.63, 3.8) is 0 Å². The fourth-order valence-corrected chi connectivity index (χ4v) is 5.11. The van der Waals surface area contributed by atoms with E-state index in [0.29, 0.717) is 24.4 Å². The van der Waals surface area contributed by atoms with Crippen molar-refractivity contribution >= 4 is 27.1 Å². The lowest BCUT2D eigenvalue weighted by molar-refractivity contribution is -0.112. The van der Waals surface area contributed by atoms with E-state index in [2.05, 4.69) is 10.6 Å². The zero-order chi connectivity index (χ0) is 19.7. The lowest BCUT2D eigenvalue weighted by atomic mass is 10.1. The SMILES string of the molecule is O=C(Nc1ccc(F)cc1)C1=C(NC[C@H]2CCCO2)c2ccccc2S1(=O)=O. The molecule has 2 aliphatic heterocycles. The molecule has 2 aromatic rings. The first kappa shape index (κ1) is 18.6. The van der Waals surface area contributed by atoms with Crippen LogP contribution < -0.4 is 10.6 Å². The van der Waals surface area contributed by atoms with Gasteiger partial charge in [0.1, 0.15) is 5.82 Å². The second kappa shape index (κ2) is 7.37. The summed E-state index contributed by atoms with van der Waals surface area (Å²) in [4.78, 5) is 12.6. The zero-order valence-corrected chi connectivity index (χ0v) is 15.8. The highest BCUT2D eigenvalue weighted by atomic mass is 32.2. The van der Waals surface area contributed by atoms with Gasteiger partial charge in [-0.3, -0.25) is 4.79 Å². The third-order valence-electron chi connectivity index (χ3n) is 4.78. The quantitative estimate of drug-likeness (QED) is 0.803. The molecule has 4 rings (SSSR count). The van der Waals surface area contributed by atoms with Gasteiger partial charge in [0.05, 0.1) is 16.7 Å². The van der Waals surface area contributed by atoms with Crippen molar-refractivity contribution in [2.24, 2.45) is 0 Å². The molecule has 2 aliphatic rings. The summed E-state index contributed by atoms with van der Waals surface area (Å²) in [5, 5.41) is 5.66. The third kappa shape index (κ3) is 3.41. The van der Waals surface area contributed by atoms with Crippen LogP contribution in [0.1, 0.15) is 18.4 Å². The zero-order valence-electron chi connectivity index (χ0n) is 14.9. The van der Waals surface area contributed by atoms with Crippen molar-refractivity contribution in [3.8, 4) is 0 Å². The summed E-state index contributed by atoms with van der Waals surface area (Å²) in [5.41, 5.74) is 1.04. The van der Waals surface area contributed by atoms with Crippen LogP contribution in [0.25, 0.3) is 5.70 Å². The van der Waals surface area contributed by atoms with Gasteiger partial charge in [-0.15, -0.1) is 0 Å². The van der Waals surface area contributed by atoms with Crippen LogP contribution >= 0.6 is 0 Å². The molecule has 0 aliphatic carbocycles. The largest absolute Gasteiger partial charge is 0.381 e. The number of amides is 1. The molecule has 2 heterocycles. The Morgan fingerprint density at radius 3 is 2.61 bits per heavy atom. The topological polar surface area (TPSA) is 84.5 Å². The Balaban J connectivity index is 1.69. The fourth-order valence-electron chi connectivity index (χ4n) is 3.43. The van der Waals surface area contributed by atoms with Gasteiger partial charge in [-0.25, -0.2) is 12.8 Å². The number of carbonyl (C=O) groups is 1. The number of hydrogen-bond acceptors (Lipinski definition) is 5. The molecule has 1 atom stereocenters. The molecule has 0 unspecified atom stereocenters. The number of sulfone groups is 1. The molecule has 28 heavy (non-hydrogen) atoms. The van der Waals surface area contributed by atoms with Crippen LogP contribution in [0.3, 0.4) is 0 Å². The molecule has 1 fully saturated rings. The standard InChI is InChI=1S/C20H19FN2O4S/c21-13-7-9-14(10-8-13)23-20(24)19-18(22-12-15-4-3-11-27-15)16-5-1-2-6-17(16)28(19,25)26/h1-2,5-10,15,22H,3-4,11-12H2,(H,23,24)/t15-/m1/s1. The first-order chi connectivity index (χ1) is 13.5. The predicted molar refractivity (Wildman–Crippen MR) is 103 cm³/mol. The van der Waals surface area contributed by atoms with Crippen LogP contribution in [0, 0.1) is 5.82 Å². The van der Waals surface area contributed by atoms with Gasteiger partial charge >= 0.3 is 0 Å². The number of ether oxygens (including phenoxy) is 1. The average Bonchev–Trinajstić information content (AvgIpc) is 3.27. The van der Waals surface area contributed by atoms with Gasteiger partial charge in [-0.1, -0.05) is 18.2 Å². The Labute approximate surface area is 162 Å². The normalized spacial score (nSPS) is 20.1. The minimum Gasteiger partial charge on any atom is -0.381 e. The fraction of sp³-hybridized carbons (Fsp3) is 0.250. The first-order valence-electron chi connectivity index (χ1n) is 8.98. The summed E-state index contributed by atoms with van der Waals surface area (Å²) >= 11 is 0. The Kier molecular flexibility index (Phi) is 4.91. The van der Waals surface area contributed by atoms with Crippen LogP contribution in [0.15, 0.2) is 58.3 Å². The van der Waals surface area contributed by atoms with Crippen LogP contribution in [0.5, 0.6) is 0 Å². The Morgan fingerprint density at radius 2 is 1.89 bits per heavy atom. The number of rotatable bonds is 5. The van der Waals surface area contributed by atoms with Gasteiger partial charge in [0.15, 0.2) is 4.91 Å². The molecule has 8 heteroatoms. The van der Waals surface area contributed by atoms with Crippen molar-refractivity contribution in [3.05, 3.63) is 64.8 Å². The van der Waals surface area contributed by atoms with E-state index in [1.807, 2.05) is 0 Å². The van der Waals surface area contributed by atoms with Crippen LogP contribution in [0.4, 0.5) is 10.1 Å². The summed E-state index contributed by atoms with van der Waals surface area (Å²) in [6, 6.07) is 11.6. The summed E-state index contributed by atoms with van der Waals surface area (Å²) in [6.45, 7) is 1.09. The first-order valence-corrected chi connectivity index (χ1v) is 10.5. The van der Waals surface area contributed by atoms with Crippen molar-refractivity contribution in [1.82, 2.24) is 5.32 Å². The van der Waals surface area contributed by atoms with Crippen molar-refractivity contribution in [2.75, 3.05) is 18.5 Å². The molecule has 2 N–H and O–H groups in total. The van der Waals surface area contributed by atoms with E-state index >= 15 is 0 Å². The molecular weight excluding hydrogens is 383 g/mol. The lowest BCUT2D eigenvalue weighted by Crippen LogP contribution is -2.27. The maximum absolute atomic E-state index is 13.1. The monoisotopic (exact) mass is 402 g/mol. The van der Waals surface area contributed by atoms with Crippen LogP contribution in [-0.2, 0) is 19.4 Å². The van der Waals surface area contributed by atoms with E-state index in [0.717, 1.165) is 12.8 Å². The minimum atomic E-state index is -3.98. The number of fused-ring (bicyclic) bond motifs is 1. The molecular formula is C20H19FN2O4S. The average molecular weight is 402 g/mol. The van der Waals surface area contributed by atoms with Gasteiger partial charge in [-0.05, 0) is 43.2 Å². The molecule has 2 aromatic carbocycles. The molecule has 1 amide bonds. The Bertz CT molecular complexity index is 1040. The third-order valence-corrected chi connectivity index (χ3v) is 6.64. The highest BCUT2D eigenvalue weighted by Gasteiger charge is 2.40. The molecule has 6 nitrogen and oxygen atoms in total. The number of nitrogens with one attached hydrogen (secondary N) is 2. The van der Waals surface area contributed by atoms with E-state index in [4.69, 9.17) is 4.74 Å². The minimum absolute atomic E-state index is 0.0237. The number of hydrogen-bond donors (Lipinski definition) is 2. The highest BCUT2D eigenvalue weighted by molar-refractivity contribution is 7.97.